The number of hydrogen-bond acceptors (Lipinski definition) is 2. The zero-order chi connectivity index (χ0) is 9.52. The molecule has 0 bridgehead atoms. The van der Waals surface area contributed by atoms with Crippen LogP contribution in [-0.4, -0.2) is 12.8 Å². The van der Waals surface area contributed by atoms with E-state index in [0.29, 0.717) is 6.61 Å². The number of carbonyl (C=O) groups is 1. The fourth-order valence-corrected chi connectivity index (χ4v) is 2.00. The molecule has 0 heterocycles. The number of rotatable bonds is 4. The minimum Gasteiger partial charge on any atom is -0.432 e. The van der Waals surface area contributed by atoms with E-state index in [2.05, 4.69) is 4.74 Å². The quantitative estimate of drug-likeness (QED) is 0.499. The fourth-order valence-electron chi connectivity index (χ4n) is 2.00. The molecule has 0 unspecified atom stereocenters. The summed E-state index contributed by atoms with van der Waals surface area (Å²) in [5.41, 5.74) is 0. The van der Waals surface area contributed by atoms with Crippen molar-refractivity contribution in [2.75, 3.05) is 6.61 Å². The van der Waals surface area contributed by atoms with Gasteiger partial charge in [-0.1, -0.05) is 32.1 Å². The zero-order valence-electron chi connectivity index (χ0n) is 7.96. The van der Waals surface area contributed by atoms with Gasteiger partial charge in [-0.2, -0.15) is 9.90 Å². The van der Waals surface area contributed by atoms with Crippen LogP contribution in [0.5, 0.6) is 0 Å². The van der Waals surface area contributed by atoms with Crippen LogP contribution in [0.2, 0.25) is 0 Å². The van der Waals surface area contributed by atoms with E-state index in [1.807, 2.05) is 0 Å². The molecule has 13 heavy (non-hydrogen) atoms. The molecule has 1 radical (unpaired) electrons. The Morgan fingerprint density at radius 2 is 1.92 bits per heavy atom. The van der Waals surface area contributed by atoms with Gasteiger partial charge in [0.05, 0.1) is 6.61 Å². The average Bonchev–Trinajstić information content (AvgIpc) is 2.14. The van der Waals surface area contributed by atoms with E-state index >= 15 is 0 Å². The first-order chi connectivity index (χ1) is 6.29. The molecule has 3 nitrogen and oxygen atoms in total. The van der Waals surface area contributed by atoms with Crippen molar-refractivity contribution in [2.24, 2.45) is 5.92 Å². The summed E-state index contributed by atoms with van der Waals surface area (Å²) in [7, 11) is 0. The molecule has 0 amide bonds. The summed E-state index contributed by atoms with van der Waals surface area (Å²) in [4.78, 5) is 9.92. The van der Waals surface area contributed by atoms with Gasteiger partial charge >= 0.3 is 6.16 Å². The second-order valence-corrected chi connectivity index (χ2v) is 3.74. The van der Waals surface area contributed by atoms with Crippen molar-refractivity contribution in [3.63, 3.8) is 0 Å². The molecule has 0 aromatic rings. The highest BCUT2D eigenvalue weighted by atomic mass is 16.7. The topological polar surface area (TPSA) is 46.2 Å². The molecule has 1 aliphatic rings. The molecular formula is C10H17O3. The van der Waals surface area contributed by atoms with Gasteiger partial charge in [-0.3, -0.25) is 0 Å². The summed E-state index contributed by atoms with van der Waals surface area (Å²) in [5, 5.41) is 9.92. The van der Waals surface area contributed by atoms with Gasteiger partial charge in [0, 0.05) is 0 Å². The third-order valence-corrected chi connectivity index (χ3v) is 2.70. The zero-order valence-corrected chi connectivity index (χ0v) is 7.96. The van der Waals surface area contributed by atoms with Gasteiger partial charge in [-0.05, 0) is 18.8 Å². The molecule has 3 heteroatoms. The maximum absolute atomic E-state index is 9.92. The summed E-state index contributed by atoms with van der Waals surface area (Å²) >= 11 is 0. The minimum absolute atomic E-state index is 0.304. The van der Waals surface area contributed by atoms with E-state index in [1.165, 1.54) is 32.1 Å². The Morgan fingerprint density at radius 1 is 1.23 bits per heavy atom. The predicted molar refractivity (Wildman–Crippen MR) is 47.8 cm³/mol. The van der Waals surface area contributed by atoms with Gasteiger partial charge in [-0.25, -0.2) is 0 Å². The van der Waals surface area contributed by atoms with Crippen LogP contribution >= 0.6 is 0 Å². The highest BCUT2D eigenvalue weighted by molar-refractivity contribution is 5.56. The van der Waals surface area contributed by atoms with E-state index in [9.17, 15) is 9.90 Å². The number of hydrogen-bond donors (Lipinski definition) is 0. The Hall–Kier alpha value is -0.730. The van der Waals surface area contributed by atoms with E-state index in [1.54, 1.807) is 0 Å². The van der Waals surface area contributed by atoms with Crippen LogP contribution in [0.25, 0.3) is 0 Å². The number of ether oxygens (including phenoxy) is 1. The first kappa shape index (κ1) is 10.4. The second kappa shape index (κ2) is 5.84. The van der Waals surface area contributed by atoms with E-state index in [4.69, 9.17) is 0 Å². The van der Waals surface area contributed by atoms with Gasteiger partial charge in [0.15, 0.2) is 0 Å². The molecule has 75 valence electrons. The van der Waals surface area contributed by atoms with Crippen LogP contribution in [0.3, 0.4) is 0 Å². The smallest absolute Gasteiger partial charge is 0.432 e. The van der Waals surface area contributed by atoms with E-state index < -0.39 is 6.16 Å². The summed E-state index contributed by atoms with van der Waals surface area (Å²) in [6, 6.07) is 0. The summed E-state index contributed by atoms with van der Waals surface area (Å²) in [6.45, 7) is 0.304. The van der Waals surface area contributed by atoms with Crippen LogP contribution in [0.4, 0.5) is 4.79 Å². The van der Waals surface area contributed by atoms with E-state index in [0.717, 1.165) is 18.8 Å². The molecule has 1 aliphatic carbocycles. The van der Waals surface area contributed by atoms with Crippen LogP contribution in [0.1, 0.15) is 44.9 Å². The number of carbonyl (C=O) groups excluding carboxylic acids is 1. The fraction of sp³-hybridized carbons (Fsp3) is 0.900. The predicted octanol–water partition coefficient (Wildman–Crippen LogP) is 2.91. The summed E-state index contributed by atoms with van der Waals surface area (Å²) < 4.78 is 4.34. The minimum atomic E-state index is -1.40. The second-order valence-electron chi connectivity index (χ2n) is 3.74. The van der Waals surface area contributed by atoms with Gasteiger partial charge in [0.2, 0.25) is 0 Å². The average molecular weight is 185 g/mol. The largest absolute Gasteiger partial charge is 0.549 e. The van der Waals surface area contributed by atoms with Gasteiger partial charge in [-0.15, -0.1) is 0 Å². The Balaban J connectivity index is 1.95. The molecule has 1 fully saturated rings. The Labute approximate surface area is 79.1 Å². The molecule has 0 atom stereocenters. The van der Waals surface area contributed by atoms with Crippen molar-refractivity contribution in [2.45, 2.75) is 44.9 Å². The highest BCUT2D eigenvalue weighted by Crippen LogP contribution is 2.27. The molecule has 0 aromatic carbocycles. The lowest BCUT2D eigenvalue weighted by Gasteiger charge is -2.20. The van der Waals surface area contributed by atoms with E-state index in [-0.39, 0.29) is 0 Å². The lowest BCUT2D eigenvalue weighted by molar-refractivity contribution is 0.0651. The van der Waals surface area contributed by atoms with Gasteiger partial charge < -0.3 is 4.74 Å². The lowest BCUT2D eigenvalue weighted by Crippen LogP contribution is -2.08. The molecule has 0 aromatic heterocycles. The van der Waals surface area contributed by atoms with Gasteiger partial charge in [0.1, 0.15) is 0 Å². The maximum Gasteiger partial charge on any atom is 0.549 e. The Bertz CT molecular complexity index is 150. The molecular weight excluding hydrogens is 168 g/mol. The van der Waals surface area contributed by atoms with Crippen LogP contribution in [0.15, 0.2) is 0 Å². The van der Waals surface area contributed by atoms with Crippen LogP contribution in [0, 0.1) is 5.92 Å². The third kappa shape index (κ3) is 4.76. The van der Waals surface area contributed by atoms with Crippen LogP contribution in [-0.2, 0) is 9.84 Å². The maximum atomic E-state index is 9.92. The molecule has 1 rings (SSSR count). The van der Waals surface area contributed by atoms with Crippen LogP contribution < -0.4 is 0 Å². The standard InChI is InChI=1S/C10H17O3/c11-10(12)13-8-4-7-9-5-2-1-3-6-9/h9H,1-8H2. The Kier molecular flexibility index (Phi) is 4.65. The molecule has 1 saturated carbocycles. The van der Waals surface area contributed by atoms with Crippen molar-refractivity contribution < 1.29 is 14.6 Å². The van der Waals surface area contributed by atoms with Crippen molar-refractivity contribution >= 4 is 6.16 Å². The monoisotopic (exact) mass is 185 g/mol. The Morgan fingerprint density at radius 3 is 2.54 bits per heavy atom. The van der Waals surface area contributed by atoms with Crippen molar-refractivity contribution in [3.05, 3.63) is 0 Å². The molecule has 0 aliphatic heterocycles. The molecule has 0 spiro atoms. The normalized spacial score (nSPS) is 18.5. The first-order valence-corrected chi connectivity index (χ1v) is 5.13. The highest BCUT2D eigenvalue weighted by Gasteiger charge is 2.12. The van der Waals surface area contributed by atoms with Gasteiger partial charge in [0.25, 0.3) is 0 Å². The SMILES string of the molecule is [O]C(=O)OCCCC1CCCCC1. The third-order valence-electron chi connectivity index (χ3n) is 2.70. The van der Waals surface area contributed by atoms with Crippen molar-refractivity contribution in [1.29, 1.82) is 0 Å². The first-order valence-electron chi connectivity index (χ1n) is 5.13. The van der Waals surface area contributed by atoms with Crippen molar-refractivity contribution in [3.8, 4) is 0 Å². The van der Waals surface area contributed by atoms with Crippen molar-refractivity contribution in [1.82, 2.24) is 0 Å². The summed E-state index contributed by atoms with van der Waals surface area (Å²) in [6.07, 6.45) is 7.22. The lowest BCUT2D eigenvalue weighted by atomic mass is 9.86. The molecule has 0 N–H and O–H groups in total. The molecule has 0 saturated heterocycles. The summed E-state index contributed by atoms with van der Waals surface area (Å²) in [5.74, 6) is 0.805.